The van der Waals surface area contributed by atoms with E-state index in [1.54, 1.807) is 31.1 Å². The van der Waals surface area contributed by atoms with Gasteiger partial charge in [-0.3, -0.25) is 9.48 Å². The van der Waals surface area contributed by atoms with E-state index in [-0.39, 0.29) is 36.4 Å². The van der Waals surface area contributed by atoms with Crippen LogP contribution < -0.4 is 10.6 Å². The summed E-state index contributed by atoms with van der Waals surface area (Å²) in [4.78, 5) is 17.3. The first kappa shape index (κ1) is 20.3. The Balaban J connectivity index is 0.00000441. The number of aryl methyl sites for hydroxylation is 1. The molecule has 1 amide bonds. The molecule has 1 aromatic rings. The fourth-order valence-electron chi connectivity index (χ4n) is 1.43. The standard InChI is InChI=1S/C13H23N7O.HI/c1-4-6-14-13(16-11-12(21)19(2)3)15-7-5-9-20-10-8-17-18-20;/h4,8,10H,1,5-7,9,11H2,2-3H3,(H2,14,15,16);1H. The number of hydrogen-bond donors (Lipinski definition) is 2. The van der Waals surface area contributed by atoms with Gasteiger partial charge in [-0.25, -0.2) is 4.99 Å². The van der Waals surface area contributed by atoms with Gasteiger partial charge in [0.2, 0.25) is 5.91 Å². The van der Waals surface area contributed by atoms with E-state index in [1.165, 1.54) is 4.90 Å². The van der Waals surface area contributed by atoms with Gasteiger partial charge in [0.05, 0.1) is 6.20 Å². The van der Waals surface area contributed by atoms with Crippen LogP contribution in [0.5, 0.6) is 0 Å². The van der Waals surface area contributed by atoms with Crippen LogP contribution in [0.3, 0.4) is 0 Å². The van der Waals surface area contributed by atoms with Crippen molar-refractivity contribution in [1.29, 1.82) is 0 Å². The van der Waals surface area contributed by atoms with Crippen LogP contribution in [0.2, 0.25) is 0 Å². The van der Waals surface area contributed by atoms with Gasteiger partial charge in [-0.05, 0) is 6.42 Å². The molecule has 9 heteroatoms. The van der Waals surface area contributed by atoms with E-state index in [0.717, 1.165) is 19.5 Å². The van der Waals surface area contributed by atoms with Gasteiger partial charge >= 0.3 is 0 Å². The van der Waals surface area contributed by atoms with Gasteiger partial charge < -0.3 is 15.5 Å². The van der Waals surface area contributed by atoms with Crippen molar-refractivity contribution in [1.82, 2.24) is 30.5 Å². The molecule has 8 nitrogen and oxygen atoms in total. The molecule has 2 N–H and O–H groups in total. The number of rotatable bonds is 8. The lowest BCUT2D eigenvalue weighted by molar-refractivity contribution is -0.127. The Morgan fingerprint density at radius 1 is 1.45 bits per heavy atom. The summed E-state index contributed by atoms with van der Waals surface area (Å²) in [5, 5.41) is 13.9. The number of nitrogens with one attached hydrogen (secondary N) is 2. The second-order valence-corrected chi connectivity index (χ2v) is 4.57. The first-order valence-electron chi connectivity index (χ1n) is 6.81. The molecule has 1 rings (SSSR count). The number of carbonyl (C=O) groups is 1. The number of guanidine groups is 1. The van der Waals surface area contributed by atoms with E-state index in [9.17, 15) is 4.79 Å². The Hall–Kier alpha value is -1.65. The Bertz CT molecular complexity index is 459. The average molecular weight is 421 g/mol. The predicted molar refractivity (Wildman–Crippen MR) is 97.3 cm³/mol. The van der Waals surface area contributed by atoms with Crippen LogP contribution in [0.15, 0.2) is 30.0 Å². The van der Waals surface area contributed by atoms with Crippen molar-refractivity contribution >= 4 is 35.8 Å². The second-order valence-electron chi connectivity index (χ2n) is 4.57. The lowest BCUT2D eigenvalue weighted by Crippen LogP contribution is -2.39. The van der Waals surface area contributed by atoms with Gasteiger partial charge in [-0.1, -0.05) is 11.3 Å². The minimum absolute atomic E-state index is 0. The molecule has 0 spiro atoms. The van der Waals surface area contributed by atoms with Crippen molar-refractivity contribution in [3.05, 3.63) is 25.0 Å². The van der Waals surface area contributed by atoms with E-state index in [1.807, 2.05) is 6.20 Å². The van der Waals surface area contributed by atoms with Crippen LogP contribution in [0, 0.1) is 0 Å². The molecule has 22 heavy (non-hydrogen) atoms. The van der Waals surface area contributed by atoms with Gasteiger partial charge in [0.1, 0.15) is 6.54 Å². The monoisotopic (exact) mass is 421 g/mol. The summed E-state index contributed by atoms with van der Waals surface area (Å²) < 4.78 is 1.77. The smallest absolute Gasteiger partial charge is 0.243 e. The molecule has 0 unspecified atom stereocenters. The highest BCUT2D eigenvalue weighted by Crippen LogP contribution is 1.86. The molecule has 0 aromatic carbocycles. The van der Waals surface area contributed by atoms with Gasteiger partial charge in [0.25, 0.3) is 0 Å². The van der Waals surface area contributed by atoms with E-state index >= 15 is 0 Å². The average Bonchev–Trinajstić information content (AvgIpc) is 2.98. The zero-order valence-corrected chi connectivity index (χ0v) is 15.4. The Morgan fingerprint density at radius 3 is 2.82 bits per heavy atom. The third kappa shape index (κ3) is 8.60. The van der Waals surface area contributed by atoms with Crippen molar-refractivity contribution < 1.29 is 4.79 Å². The number of aromatic nitrogens is 3. The van der Waals surface area contributed by atoms with Crippen molar-refractivity contribution in [2.75, 3.05) is 33.7 Å². The predicted octanol–water partition coefficient (Wildman–Crippen LogP) is 0.0956. The minimum atomic E-state index is -0.0441. The van der Waals surface area contributed by atoms with Crippen molar-refractivity contribution in [3.8, 4) is 0 Å². The Labute approximate surface area is 148 Å². The summed E-state index contributed by atoms with van der Waals surface area (Å²) in [6, 6.07) is 0. The molecule has 1 heterocycles. The molecular weight excluding hydrogens is 397 g/mol. The first-order chi connectivity index (χ1) is 10.1. The van der Waals surface area contributed by atoms with Crippen LogP contribution in [0.1, 0.15) is 6.42 Å². The number of amides is 1. The van der Waals surface area contributed by atoms with Gasteiger partial charge in [-0.15, -0.1) is 35.7 Å². The van der Waals surface area contributed by atoms with E-state index in [4.69, 9.17) is 0 Å². The van der Waals surface area contributed by atoms with Crippen molar-refractivity contribution in [3.63, 3.8) is 0 Å². The Kier molecular flexibility index (Phi) is 11.1. The van der Waals surface area contributed by atoms with Gasteiger partial charge in [0.15, 0.2) is 5.96 Å². The zero-order valence-electron chi connectivity index (χ0n) is 13.0. The van der Waals surface area contributed by atoms with Crippen LogP contribution in [0.25, 0.3) is 0 Å². The number of halogens is 1. The highest BCUT2D eigenvalue weighted by atomic mass is 127. The fourth-order valence-corrected chi connectivity index (χ4v) is 1.43. The number of hydrogen-bond acceptors (Lipinski definition) is 4. The summed E-state index contributed by atoms with van der Waals surface area (Å²) in [6.45, 7) is 5.85. The summed E-state index contributed by atoms with van der Waals surface area (Å²) in [6.07, 6.45) is 6.08. The first-order valence-corrected chi connectivity index (χ1v) is 6.81. The van der Waals surface area contributed by atoms with Gasteiger partial charge in [0, 0.05) is 39.9 Å². The lowest BCUT2D eigenvalue weighted by Gasteiger charge is -2.12. The molecule has 0 bridgehead atoms. The van der Waals surface area contributed by atoms with Crippen LogP contribution in [0.4, 0.5) is 0 Å². The molecule has 0 fully saturated rings. The Morgan fingerprint density at radius 2 is 2.23 bits per heavy atom. The highest BCUT2D eigenvalue weighted by Gasteiger charge is 2.03. The van der Waals surface area contributed by atoms with Gasteiger partial charge in [-0.2, -0.15) is 0 Å². The van der Waals surface area contributed by atoms with E-state index in [0.29, 0.717) is 12.5 Å². The number of nitrogens with zero attached hydrogens (tertiary/aromatic N) is 5. The molecule has 0 radical (unpaired) electrons. The largest absolute Gasteiger partial charge is 0.356 e. The van der Waals surface area contributed by atoms with Crippen LogP contribution in [-0.2, 0) is 11.3 Å². The minimum Gasteiger partial charge on any atom is -0.356 e. The lowest BCUT2D eigenvalue weighted by atomic mass is 10.4. The number of likely N-dealkylation sites (N-methyl/N-ethyl adjacent to an activating group) is 1. The summed E-state index contributed by atoms with van der Waals surface area (Å²) >= 11 is 0. The summed E-state index contributed by atoms with van der Waals surface area (Å²) in [7, 11) is 3.42. The molecule has 0 aliphatic heterocycles. The third-order valence-electron chi connectivity index (χ3n) is 2.61. The second kappa shape index (κ2) is 12.0. The van der Waals surface area contributed by atoms with E-state index < -0.39 is 0 Å². The highest BCUT2D eigenvalue weighted by molar-refractivity contribution is 14.0. The summed E-state index contributed by atoms with van der Waals surface area (Å²) in [5.41, 5.74) is 0. The number of aliphatic imine (C=N–C) groups is 1. The van der Waals surface area contributed by atoms with Crippen molar-refractivity contribution in [2.45, 2.75) is 13.0 Å². The third-order valence-corrected chi connectivity index (χ3v) is 2.61. The topological polar surface area (TPSA) is 87.4 Å². The van der Waals surface area contributed by atoms with Crippen LogP contribution in [-0.4, -0.2) is 65.5 Å². The SMILES string of the molecule is C=CCNC(=NCC(=O)N(C)C)NCCCn1ccnn1.I. The van der Waals surface area contributed by atoms with Crippen molar-refractivity contribution in [2.24, 2.45) is 4.99 Å². The molecule has 0 saturated carbocycles. The molecular formula is C13H24IN7O. The maximum atomic E-state index is 11.5. The van der Waals surface area contributed by atoms with E-state index in [2.05, 4.69) is 32.5 Å². The molecule has 1 aromatic heterocycles. The number of carbonyl (C=O) groups excluding carboxylic acids is 1. The molecule has 124 valence electrons. The maximum Gasteiger partial charge on any atom is 0.243 e. The maximum absolute atomic E-state index is 11.5. The van der Waals surface area contributed by atoms with Crippen LogP contribution >= 0.6 is 24.0 Å². The molecule has 0 aliphatic carbocycles. The molecule has 0 atom stereocenters. The molecule has 0 aliphatic rings. The molecule has 0 saturated heterocycles. The zero-order chi connectivity index (χ0) is 15.5. The quantitative estimate of drug-likeness (QED) is 0.204. The summed E-state index contributed by atoms with van der Waals surface area (Å²) in [5.74, 6) is 0.556. The normalized spacial score (nSPS) is 10.5. The fraction of sp³-hybridized carbons (Fsp3) is 0.538.